The van der Waals surface area contributed by atoms with Gasteiger partial charge in [0.2, 0.25) is 0 Å². The van der Waals surface area contributed by atoms with Gasteiger partial charge < -0.3 is 9.84 Å². The van der Waals surface area contributed by atoms with Gasteiger partial charge in [0, 0.05) is 0 Å². The van der Waals surface area contributed by atoms with Crippen molar-refractivity contribution in [3.05, 3.63) is 0 Å². The monoisotopic (exact) mass is 145 g/mol. The minimum Gasteiger partial charge on any atom is -0.389 e. The summed E-state index contributed by atoms with van der Waals surface area (Å²) in [5.74, 6) is 0. The molecular weight excluding hydrogens is 130 g/mol. The largest absolute Gasteiger partial charge is 0.389 e. The molecule has 0 aromatic heterocycles. The van der Waals surface area contributed by atoms with Crippen molar-refractivity contribution in [2.24, 2.45) is 0 Å². The Hall–Kier alpha value is -0.120. The number of ether oxygens (including phenoxy) is 1. The highest BCUT2D eigenvalue weighted by Crippen LogP contribution is 2.10. The van der Waals surface area contributed by atoms with E-state index in [1.807, 2.05) is 7.05 Å². The Labute approximate surface area is 61.6 Å². The predicted molar refractivity (Wildman–Crippen MR) is 38.9 cm³/mol. The summed E-state index contributed by atoms with van der Waals surface area (Å²) in [6, 6.07) is 0.213. The summed E-state index contributed by atoms with van der Waals surface area (Å²) in [5, 5.41) is 9.32. The number of rotatable bonds is 2. The molecule has 0 spiro atoms. The molecule has 2 atom stereocenters. The predicted octanol–water partition coefficient (Wildman–Crippen LogP) is -0.302. The fourth-order valence-electron chi connectivity index (χ4n) is 1.19. The molecule has 10 heavy (non-hydrogen) atoms. The molecule has 3 heteroatoms. The lowest BCUT2D eigenvalue weighted by atomic mass is 10.2. The van der Waals surface area contributed by atoms with Gasteiger partial charge in [-0.15, -0.1) is 0 Å². The highest BCUT2D eigenvalue weighted by Gasteiger charge is 2.28. The third-order valence-electron chi connectivity index (χ3n) is 2.09. The summed E-state index contributed by atoms with van der Waals surface area (Å²) in [4.78, 5) is 2.11. The van der Waals surface area contributed by atoms with Crippen LogP contribution in [0.15, 0.2) is 0 Å². The lowest BCUT2D eigenvalue weighted by molar-refractivity contribution is 0.0979. The van der Waals surface area contributed by atoms with Crippen LogP contribution in [0.5, 0.6) is 0 Å². The van der Waals surface area contributed by atoms with Crippen molar-refractivity contribution in [3.8, 4) is 0 Å². The zero-order valence-electron chi connectivity index (χ0n) is 6.58. The van der Waals surface area contributed by atoms with Crippen molar-refractivity contribution in [2.45, 2.75) is 19.1 Å². The van der Waals surface area contributed by atoms with Crippen LogP contribution in [0.1, 0.15) is 6.92 Å². The lowest BCUT2D eigenvalue weighted by Crippen LogP contribution is -2.40. The van der Waals surface area contributed by atoms with Crippen molar-refractivity contribution in [1.82, 2.24) is 4.90 Å². The van der Waals surface area contributed by atoms with E-state index in [0.29, 0.717) is 13.2 Å². The first-order chi connectivity index (χ1) is 4.75. The molecule has 0 aromatic carbocycles. The van der Waals surface area contributed by atoms with Gasteiger partial charge in [-0.05, 0) is 13.6 Å². The average molecular weight is 145 g/mol. The van der Waals surface area contributed by atoms with Gasteiger partial charge in [-0.25, -0.2) is 0 Å². The fraction of sp³-hybridized carbons (Fsp3) is 1.00. The van der Waals surface area contributed by atoms with E-state index in [1.54, 1.807) is 0 Å². The molecule has 3 nitrogen and oxygen atoms in total. The van der Waals surface area contributed by atoms with Gasteiger partial charge in [0.15, 0.2) is 0 Å². The molecule has 1 rings (SSSR count). The number of hydrogen-bond acceptors (Lipinski definition) is 3. The highest BCUT2D eigenvalue weighted by molar-refractivity contribution is 4.80. The maximum Gasteiger partial charge on any atom is 0.0950 e. The molecule has 0 amide bonds. The first-order valence-electron chi connectivity index (χ1n) is 3.71. The van der Waals surface area contributed by atoms with E-state index in [1.165, 1.54) is 0 Å². The van der Waals surface area contributed by atoms with Gasteiger partial charge in [-0.2, -0.15) is 0 Å². The van der Waals surface area contributed by atoms with Crippen molar-refractivity contribution >= 4 is 0 Å². The first kappa shape index (κ1) is 7.98. The summed E-state index contributed by atoms with van der Waals surface area (Å²) in [5.41, 5.74) is 0. The molecule has 0 aliphatic carbocycles. The van der Waals surface area contributed by atoms with Crippen molar-refractivity contribution in [2.75, 3.05) is 26.8 Å². The second-order valence-corrected chi connectivity index (χ2v) is 2.75. The summed E-state index contributed by atoms with van der Waals surface area (Å²) in [6.45, 7) is 4.20. The van der Waals surface area contributed by atoms with Gasteiger partial charge >= 0.3 is 0 Å². The molecule has 0 unspecified atom stereocenters. The van der Waals surface area contributed by atoms with Gasteiger partial charge in [-0.3, -0.25) is 4.90 Å². The third kappa shape index (κ3) is 1.48. The van der Waals surface area contributed by atoms with Crippen LogP contribution in [0.25, 0.3) is 0 Å². The van der Waals surface area contributed by atoms with Crippen LogP contribution in [0.2, 0.25) is 0 Å². The molecule has 1 saturated heterocycles. The maximum absolute atomic E-state index is 9.32. The standard InChI is InChI=1S/C7H15NO2/c1-3-8(2)6-4-10-5-7(6)9/h6-7,9H,3-5H2,1-2H3/t6-,7-/m1/s1. The molecule has 0 radical (unpaired) electrons. The maximum atomic E-state index is 9.32. The smallest absolute Gasteiger partial charge is 0.0950 e. The Morgan fingerprint density at radius 1 is 1.60 bits per heavy atom. The van der Waals surface area contributed by atoms with E-state index in [4.69, 9.17) is 4.74 Å². The number of likely N-dealkylation sites (N-methyl/N-ethyl adjacent to an activating group) is 1. The van der Waals surface area contributed by atoms with Crippen molar-refractivity contribution < 1.29 is 9.84 Å². The van der Waals surface area contributed by atoms with Gasteiger partial charge in [0.05, 0.1) is 25.4 Å². The minimum atomic E-state index is -0.287. The van der Waals surface area contributed by atoms with Crippen LogP contribution in [0, 0.1) is 0 Å². The average Bonchev–Trinajstić information content (AvgIpc) is 2.34. The molecule has 1 aliphatic heterocycles. The van der Waals surface area contributed by atoms with E-state index in [0.717, 1.165) is 6.54 Å². The summed E-state index contributed by atoms with van der Waals surface area (Å²) >= 11 is 0. The van der Waals surface area contributed by atoms with E-state index in [2.05, 4.69) is 11.8 Å². The zero-order valence-corrected chi connectivity index (χ0v) is 6.58. The Bertz CT molecular complexity index is 108. The molecule has 1 fully saturated rings. The molecular formula is C7H15NO2. The second-order valence-electron chi connectivity index (χ2n) is 2.75. The van der Waals surface area contributed by atoms with E-state index >= 15 is 0 Å². The van der Waals surface area contributed by atoms with Gasteiger partial charge in [-0.1, -0.05) is 6.92 Å². The summed E-state index contributed by atoms with van der Waals surface area (Å²) in [6.07, 6.45) is -0.287. The first-order valence-corrected chi connectivity index (χ1v) is 3.71. The van der Waals surface area contributed by atoms with E-state index < -0.39 is 0 Å². The molecule has 60 valence electrons. The number of nitrogens with zero attached hydrogens (tertiary/aromatic N) is 1. The van der Waals surface area contributed by atoms with Crippen LogP contribution < -0.4 is 0 Å². The number of aliphatic hydroxyl groups excluding tert-OH is 1. The number of aliphatic hydroxyl groups is 1. The zero-order chi connectivity index (χ0) is 7.56. The Morgan fingerprint density at radius 2 is 2.30 bits per heavy atom. The van der Waals surface area contributed by atoms with Gasteiger partial charge in [0.25, 0.3) is 0 Å². The molecule has 0 aromatic rings. The molecule has 1 aliphatic rings. The topological polar surface area (TPSA) is 32.7 Å². The minimum absolute atomic E-state index is 0.213. The van der Waals surface area contributed by atoms with E-state index in [-0.39, 0.29) is 12.1 Å². The molecule has 1 heterocycles. The molecule has 1 N–H and O–H groups in total. The molecule has 0 bridgehead atoms. The van der Waals surface area contributed by atoms with Crippen LogP contribution in [0.4, 0.5) is 0 Å². The second kappa shape index (κ2) is 3.32. The van der Waals surface area contributed by atoms with Crippen molar-refractivity contribution in [1.29, 1.82) is 0 Å². The lowest BCUT2D eigenvalue weighted by Gasteiger charge is -2.23. The van der Waals surface area contributed by atoms with Gasteiger partial charge in [0.1, 0.15) is 0 Å². The van der Waals surface area contributed by atoms with Crippen LogP contribution in [0.3, 0.4) is 0 Å². The van der Waals surface area contributed by atoms with Crippen LogP contribution >= 0.6 is 0 Å². The summed E-state index contributed by atoms with van der Waals surface area (Å²) < 4.78 is 5.10. The Morgan fingerprint density at radius 3 is 2.70 bits per heavy atom. The summed E-state index contributed by atoms with van der Waals surface area (Å²) in [7, 11) is 2.00. The Balaban J connectivity index is 2.38. The highest BCUT2D eigenvalue weighted by atomic mass is 16.5. The SMILES string of the molecule is CCN(C)[C@@H]1COC[C@H]1O. The van der Waals surface area contributed by atoms with Crippen LogP contribution in [-0.2, 0) is 4.74 Å². The Kier molecular flexibility index (Phi) is 2.65. The quantitative estimate of drug-likeness (QED) is 0.579. The van der Waals surface area contributed by atoms with E-state index in [9.17, 15) is 5.11 Å². The third-order valence-corrected chi connectivity index (χ3v) is 2.09. The van der Waals surface area contributed by atoms with Crippen LogP contribution in [-0.4, -0.2) is 49.0 Å². The molecule has 0 saturated carbocycles. The normalized spacial score (nSPS) is 33.6. The van der Waals surface area contributed by atoms with Crippen molar-refractivity contribution in [3.63, 3.8) is 0 Å². The number of hydrogen-bond donors (Lipinski definition) is 1. The fourth-order valence-corrected chi connectivity index (χ4v) is 1.19.